The molecule has 0 aliphatic rings. The molecule has 0 spiro atoms. The third-order valence-corrected chi connectivity index (χ3v) is 1.88. The van der Waals surface area contributed by atoms with E-state index in [1.54, 1.807) is 31.2 Å². The molecule has 0 unspecified atom stereocenters. The van der Waals surface area contributed by atoms with E-state index in [0.29, 0.717) is 11.6 Å². The zero-order chi connectivity index (χ0) is 11.5. The number of hydrogen-bond donors (Lipinski definition) is 0. The topological polar surface area (TPSA) is 17.1 Å². The molecule has 0 atom stereocenters. The quantitative estimate of drug-likeness (QED) is 0.691. The van der Waals surface area contributed by atoms with E-state index in [1.165, 1.54) is 6.08 Å². The molecule has 80 valence electrons. The van der Waals surface area contributed by atoms with Gasteiger partial charge in [0.2, 0.25) is 0 Å². The second-order valence-electron chi connectivity index (χ2n) is 3.05. The van der Waals surface area contributed by atoms with Crippen molar-refractivity contribution < 1.29 is 18.0 Å². The molecule has 0 heterocycles. The lowest BCUT2D eigenvalue weighted by molar-refractivity contribution is -0.165. The fraction of sp³-hybridized carbons (Fsp3) is 0.182. The van der Waals surface area contributed by atoms with Crippen molar-refractivity contribution >= 4 is 11.9 Å². The normalized spacial score (nSPS) is 12.0. The molecule has 1 aromatic rings. The molecule has 1 aromatic carbocycles. The SMILES string of the molecule is Cc1ccccc1/C=C/C(=O)C(F)(F)F. The Balaban J connectivity index is 2.84. The summed E-state index contributed by atoms with van der Waals surface area (Å²) in [5, 5.41) is 0. The molecule has 4 heteroatoms. The third kappa shape index (κ3) is 3.23. The van der Waals surface area contributed by atoms with Gasteiger partial charge in [-0.3, -0.25) is 4.79 Å². The van der Waals surface area contributed by atoms with Gasteiger partial charge in [0.05, 0.1) is 0 Å². The first-order valence-electron chi connectivity index (χ1n) is 4.26. The highest BCUT2D eigenvalue weighted by Gasteiger charge is 2.35. The first-order valence-corrected chi connectivity index (χ1v) is 4.26. The maximum absolute atomic E-state index is 11.9. The predicted octanol–water partition coefficient (Wildman–Crippen LogP) is 3.14. The summed E-state index contributed by atoms with van der Waals surface area (Å²) in [6, 6.07) is 6.89. The summed E-state index contributed by atoms with van der Waals surface area (Å²) in [7, 11) is 0. The number of hydrogen-bond acceptors (Lipinski definition) is 1. The zero-order valence-corrected chi connectivity index (χ0v) is 8.01. The van der Waals surface area contributed by atoms with Crippen LogP contribution in [0.3, 0.4) is 0 Å². The second-order valence-corrected chi connectivity index (χ2v) is 3.05. The molecular weight excluding hydrogens is 205 g/mol. The Kier molecular flexibility index (Phi) is 3.29. The second kappa shape index (κ2) is 4.29. The standard InChI is InChI=1S/C11H9F3O/c1-8-4-2-3-5-9(8)6-7-10(15)11(12,13)14/h2-7H,1H3/b7-6+. The molecule has 0 saturated carbocycles. The van der Waals surface area contributed by atoms with Crippen LogP contribution in [0.25, 0.3) is 6.08 Å². The van der Waals surface area contributed by atoms with Gasteiger partial charge in [-0.25, -0.2) is 0 Å². The minimum absolute atomic E-state index is 0.544. The lowest BCUT2D eigenvalue weighted by Gasteiger charge is -2.00. The van der Waals surface area contributed by atoms with Gasteiger partial charge < -0.3 is 0 Å². The van der Waals surface area contributed by atoms with E-state index in [2.05, 4.69) is 0 Å². The lowest BCUT2D eigenvalue weighted by Crippen LogP contribution is -2.19. The molecule has 1 nitrogen and oxygen atoms in total. The fourth-order valence-corrected chi connectivity index (χ4v) is 1.03. The maximum atomic E-state index is 11.9. The molecule has 0 aliphatic carbocycles. The highest BCUT2D eigenvalue weighted by Crippen LogP contribution is 2.17. The van der Waals surface area contributed by atoms with Crippen LogP contribution in [0.5, 0.6) is 0 Å². The molecular formula is C11H9F3O. The van der Waals surface area contributed by atoms with Gasteiger partial charge in [0.25, 0.3) is 5.78 Å². The average Bonchev–Trinajstić information content (AvgIpc) is 2.14. The Morgan fingerprint density at radius 2 is 1.87 bits per heavy atom. The monoisotopic (exact) mass is 214 g/mol. The summed E-state index contributed by atoms with van der Waals surface area (Å²) in [4.78, 5) is 10.5. The van der Waals surface area contributed by atoms with Gasteiger partial charge in [-0.15, -0.1) is 0 Å². The first kappa shape index (κ1) is 11.5. The van der Waals surface area contributed by atoms with Crippen molar-refractivity contribution in [2.75, 3.05) is 0 Å². The molecule has 0 radical (unpaired) electrons. The lowest BCUT2D eigenvalue weighted by atomic mass is 10.1. The third-order valence-electron chi connectivity index (χ3n) is 1.88. The van der Waals surface area contributed by atoms with Crippen LogP contribution in [0.15, 0.2) is 30.3 Å². The van der Waals surface area contributed by atoms with E-state index in [-0.39, 0.29) is 0 Å². The van der Waals surface area contributed by atoms with Crippen molar-refractivity contribution in [1.82, 2.24) is 0 Å². The van der Waals surface area contributed by atoms with E-state index in [0.717, 1.165) is 5.56 Å². The van der Waals surface area contributed by atoms with Crippen molar-refractivity contribution in [3.05, 3.63) is 41.5 Å². The summed E-state index contributed by atoms with van der Waals surface area (Å²) in [6.45, 7) is 1.76. The van der Waals surface area contributed by atoms with Crippen LogP contribution in [-0.4, -0.2) is 12.0 Å². The van der Waals surface area contributed by atoms with E-state index >= 15 is 0 Å². The van der Waals surface area contributed by atoms with Crippen LogP contribution in [0.1, 0.15) is 11.1 Å². The van der Waals surface area contributed by atoms with E-state index in [4.69, 9.17) is 0 Å². The minimum atomic E-state index is -4.79. The van der Waals surface area contributed by atoms with Gasteiger partial charge in [0, 0.05) is 0 Å². The minimum Gasteiger partial charge on any atom is -0.285 e. The number of alkyl halides is 3. The maximum Gasteiger partial charge on any atom is 0.454 e. The number of carbonyl (C=O) groups excluding carboxylic acids is 1. The Morgan fingerprint density at radius 1 is 1.27 bits per heavy atom. The average molecular weight is 214 g/mol. The number of rotatable bonds is 2. The Labute approximate surface area is 85.2 Å². The van der Waals surface area contributed by atoms with E-state index < -0.39 is 12.0 Å². The molecule has 0 bridgehead atoms. The molecule has 0 amide bonds. The highest BCUT2D eigenvalue weighted by molar-refractivity contribution is 5.97. The van der Waals surface area contributed by atoms with Crippen LogP contribution < -0.4 is 0 Å². The van der Waals surface area contributed by atoms with Crippen molar-refractivity contribution in [1.29, 1.82) is 0 Å². The Hall–Kier alpha value is -1.58. The number of halogens is 3. The Bertz CT molecular complexity index is 391. The molecule has 0 fully saturated rings. The van der Waals surface area contributed by atoms with Gasteiger partial charge in [-0.05, 0) is 24.1 Å². The highest BCUT2D eigenvalue weighted by atomic mass is 19.4. The van der Waals surface area contributed by atoms with Gasteiger partial charge >= 0.3 is 6.18 Å². The zero-order valence-electron chi connectivity index (χ0n) is 8.01. The van der Waals surface area contributed by atoms with Crippen LogP contribution in [0.2, 0.25) is 0 Å². The molecule has 0 saturated heterocycles. The van der Waals surface area contributed by atoms with Gasteiger partial charge in [-0.2, -0.15) is 13.2 Å². The number of benzene rings is 1. The molecule has 15 heavy (non-hydrogen) atoms. The molecule has 1 rings (SSSR count). The van der Waals surface area contributed by atoms with E-state index in [1.807, 2.05) is 0 Å². The van der Waals surface area contributed by atoms with Crippen LogP contribution in [0, 0.1) is 6.92 Å². The van der Waals surface area contributed by atoms with Crippen molar-refractivity contribution in [3.8, 4) is 0 Å². The summed E-state index contributed by atoms with van der Waals surface area (Å²) in [5.74, 6) is -1.84. The van der Waals surface area contributed by atoms with Gasteiger partial charge in [0.15, 0.2) is 0 Å². The number of aryl methyl sites for hydroxylation is 1. The first-order chi connectivity index (χ1) is 6.91. The largest absolute Gasteiger partial charge is 0.454 e. The van der Waals surface area contributed by atoms with Crippen molar-refractivity contribution in [2.45, 2.75) is 13.1 Å². The van der Waals surface area contributed by atoms with Crippen LogP contribution >= 0.6 is 0 Å². The smallest absolute Gasteiger partial charge is 0.285 e. The Morgan fingerprint density at radius 3 is 2.40 bits per heavy atom. The summed E-state index contributed by atoms with van der Waals surface area (Å²) >= 11 is 0. The summed E-state index contributed by atoms with van der Waals surface area (Å²) < 4.78 is 35.6. The van der Waals surface area contributed by atoms with Crippen molar-refractivity contribution in [3.63, 3.8) is 0 Å². The van der Waals surface area contributed by atoms with Gasteiger partial charge in [0.1, 0.15) is 0 Å². The fourth-order valence-electron chi connectivity index (χ4n) is 1.03. The summed E-state index contributed by atoms with van der Waals surface area (Å²) in [5.41, 5.74) is 1.43. The van der Waals surface area contributed by atoms with Crippen LogP contribution in [0.4, 0.5) is 13.2 Å². The van der Waals surface area contributed by atoms with Gasteiger partial charge in [-0.1, -0.05) is 30.3 Å². The number of ketones is 1. The van der Waals surface area contributed by atoms with Crippen LogP contribution in [-0.2, 0) is 4.79 Å². The number of allylic oxidation sites excluding steroid dienone is 1. The number of carbonyl (C=O) groups is 1. The molecule has 0 aliphatic heterocycles. The molecule has 0 N–H and O–H groups in total. The predicted molar refractivity (Wildman–Crippen MR) is 51.3 cm³/mol. The summed E-state index contributed by atoms with van der Waals surface area (Å²) in [6.07, 6.45) is -3.08. The molecule has 0 aromatic heterocycles. The van der Waals surface area contributed by atoms with E-state index in [9.17, 15) is 18.0 Å². The van der Waals surface area contributed by atoms with Crippen molar-refractivity contribution in [2.24, 2.45) is 0 Å².